The Hall–Kier alpha value is -3.35. The van der Waals surface area contributed by atoms with Gasteiger partial charge in [0, 0.05) is 34.2 Å². The Morgan fingerprint density at radius 1 is 1.00 bits per heavy atom. The quantitative estimate of drug-likeness (QED) is 0.279. The van der Waals surface area contributed by atoms with Gasteiger partial charge in [-0.2, -0.15) is 0 Å². The second-order valence-electron chi connectivity index (χ2n) is 9.22. The lowest BCUT2D eigenvalue weighted by atomic mass is 9.97. The van der Waals surface area contributed by atoms with E-state index in [1.165, 1.54) is 0 Å². The fourth-order valence-electron chi connectivity index (χ4n) is 4.98. The third-order valence-electron chi connectivity index (χ3n) is 6.60. The average molecular weight is 521 g/mol. The van der Waals surface area contributed by atoms with E-state index in [1.54, 1.807) is 30.5 Å². The van der Waals surface area contributed by atoms with Crippen molar-refractivity contribution in [1.82, 2.24) is 14.5 Å². The number of carbonyl (C=O) groups excluding carboxylic acids is 1. The molecule has 0 radical (unpaired) electrons. The van der Waals surface area contributed by atoms with Crippen molar-refractivity contribution in [3.05, 3.63) is 93.0 Å². The number of imidazole rings is 1. The second kappa shape index (κ2) is 9.26. The number of rotatable bonds is 5. The first-order valence-corrected chi connectivity index (χ1v) is 12.4. The van der Waals surface area contributed by atoms with E-state index in [9.17, 15) is 4.79 Å². The largest absolute Gasteiger partial charge is 0.496 e. The van der Waals surface area contributed by atoms with Gasteiger partial charge in [0.25, 0.3) is 5.91 Å². The maximum atomic E-state index is 14.1. The summed E-state index contributed by atoms with van der Waals surface area (Å²) in [5.74, 6) is 1.11. The monoisotopic (exact) mass is 520 g/mol. The fraction of sp³-hybridized carbons (Fsp3) is 0.250. The Balaban J connectivity index is 1.83. The Bertz CT molecular complexity index is 1500. The van der Waals surface area contributed by atoms with Crippen molar-refractivity contribution in [2.45, 2.75) is 39.8 Å². The number of hydrogen-bond donors (Lipinski definition) is 0. The zero-order chi connectivity index (χ0) is 25.7. The molecule has 0 fully saturated rings. The van der Waals surface area contributed by atoms with Crippen LogP contribution in [0.25, 0.3) is 11.4 Å². The van der Waals surface area contributed by atoms with Gasteiger partial charge in [0.15, 0.2) is 5.69 Å². The van der Waals surface area contributed by atoms with Crippen molar-refractivity contribution >= 4 is 34.8 Å². The Morgan fingerprint density at radius 3 is 2.42 bits per heavy atom. The minimum Gasteiger partial charge on any atom is -0.496 e. The summed E-state index contributed by atoms with van der Waals surface area (Å²) in [5.41, 5.74) is 5.60. The van der Waals surface area contributed by atoms with Crippen molar-refractivity contribution in [2.24, 2.45) is 0 Å². The van der Waals surface area contributed by atoms with Crippen molar-refractivity contribution in [3.63, 3.8) is 0 Å². The number of benzene rings is 2. The van der Waals surface area contributed by atoms with E-state index in [4.69, 9.17) is 32.9 Å². The average Bonchev–Trinajstić information content (AvgIpc) is 3.36. The third kappa shape index (κ3) is 3.85. The molecule has 184 valence electrons. The standard InChI is InChI=1S/C28H26Cl2N4O2/c1-15(2)33-26-24(32-27(33)21-14-31-11-10-23(21)36-5)28(35)34(22-13-19(30)7-6-16(22)3)25(26)20-9-8-18(29)12-17(20)4/h6-15,25H,1-5H3/t25-/m0/s1. The van der Waals surface area contributed by atoms with Crippen LogP contribution in [0, 0.1) is 13.8 Å². The predicted molar refractivity (Wildman–Crippen MR) is 143 cm³/mol. The number of nitrogens with zero attached hydrogens (tertiary/aromatic N) is 4. The number of carbonyl (C=O) groups is 1. The number of aryl methyl sites for hydroxylation is 2. The molecule has 0 saturated heterocycles. The number of pyridine rings is 1. The molecular formula is C28H26Cl2N4O2. The third-order valence-corrected chi connectivity index (χ3v) is 7.07. The summed E-state index contributed by atoms with van der Waals surface area (Å²) in [4.78, 5) is 25.1. The van der Waals surface area contributed by atoms with Gasteiger partial charge in [-0.1, -0.05) is 35.3 Å². The molecular weight excluding hydrogens is 495 g/mol. The van der Waals surface area contributed by atoms with Crippen LogP contribution in [0.5, 0.6) is 5.75 Å². The van der Waals surface area contributed by atoms with Gasteiger partial charge < -0.3 is 9.30 Å². The first-order valence-electron chi connectivity index (χ1n) is 11.7. The zero-order valence-corrected chi connectivity index (χ0v) is 22.2. The summed E-state index contributed by atoms with van der Waals surface area (Å²) < 4.78 is 7.72. The molecule has 1 atom stereocenters. The van der Waals surface area contributed by atoms with Gasteiger partial charge in [-0.05, 0) is 74.7 Å². The lowest BCUT2D eigenvalue weighted by Gasteiger charge is -2.30. The van der Waals surface area contributed by atoms with Gasteiger partial charge in [-0.15, -0.1) is 0 Å². The molecule has 2 aromatic heterocycles. The van der Waals surface area contributed by atoms with Crippen LogP contribution in [0.2, 0.25) is 10.0 Å². The molecule has 36 heavy (non-hydrogen) atoms. The molecule has 8 heteroatoms. The molecule has 0 spiro atoms. The number of ether oxygens (including phenoxy) is 1. The number of aromatic nitrogens is 3. The van der Waals surface area contributed by atoms with Crippen LogP contribution in [0.1, 0.15) is 58.8 Å². The highest BCUT2D eigenvalue weighted by atomic mass is 35.5. The van der Waals surface area contributed by atoms with Gasteiger partial charge in [0.1, 0.15) is 17.6 Å². The van der Waals surface area contributed by atoms with E-state index in [1.807, 2.05) is 50.2 Å². The normalized spacial score (nSPS) is 15.1. The highest BCUT2D eigenvalue weighted by Gasteiger charge is 2.45. The molecule has 3 heterocycles. The lowest BCUT2D eigenvalue weighted by molar-refractivity contribution is 0.0989. The van der Waals surface area contributed by atoms with Crippen molar-refractivity contribution < 1.29 is 9.53 Å². The molecule has 1 aliphatic heterocycles. The van der Waals surface area contributed by atoms with Gasteiger partial charge >= 0.3 is 0 Å². The number of amides is 1. The molecule has 5 rings (SSSR count). The molecule has 4 aromatic rings. The summed E-state index contributed by atoms with van der Waals surface area (Å²) in [5, 5.41) is 1.21. The van der Waals surface area contributed by atoms with Gasteiger partial charge in [0.05, 0.1) is 18.4 Å². The zero-order valence-electron chi connectivity index (χ0n) is 20.7. The summed E-state index contributed by atoms with van der Waals surface area (Å²) in [7, 11) is 1.61. The first kappa shape index (κ1) is 24.3. The summed E-state index contributed by atoms with van der Waals surface area (Å²) in [6.45, 7) is 8.15. The van der Waals surface area contributed by atoms with E-state index in [0.29, 0.717) is 27.3 Å². The topological polar surface area (TPSA) is 60.3 Å². The second-order valence-corrected chi connectivity index (χ2v) is 10.1. The SMILES string of the molecule is COc1ccncc1-c1nc2c(n1C(C)C)[C@H](c1ccc(Cl)cc1C)N(c1cc(Cl)ccc1C)C2=O. The van der Waals surface area contributed by atoms with Crippen LogP contribution in [0.15, 0.2) is 54.9 Å². The minimum atomic E-state index is -0.423. The maximum Gasteiger partial charge on any atom is 0.279 e. The van der Waals surface area contributed by atoms with Crippen molar-refractivity contribution in [1.29, 1.82) is 0 Å². The van der Waals surface area contributed by atoms with Gasteiger partial charge in [-0.25, -0.2) is 4.98 Å². The summed E-state index contributed by atoms with van der Waals surface area (Å²) in [6.07, 6.45) is 3.40. The Labute approximate surface area is 220 Å². The smallest absolute Gasteiger partial charge is 0.279 e. The molecule has 6 nitrogen and oxygen atoms in total. The van der Waals surface area contributed by atoms with Gasteiger partial charge in [0.2, 0.25) is 0 Å². The van der Waals surface area contributed by atoms with E-state index < -0.39 is 6.04 Å². The fourth-order valence-corrected chi connectivity index (χ4v) is 5.37. The van der Waals surface area contributed by atoms with Crippen molar-refractivity contribution in [3.8, 4) is 17.1 Å². The van der Waals surface area contributed by atoms with Gasteiger partial charge in [-0.3, -0.25) is 14.7 Å². The summed E-state index contributed by atoms with van der Waals surface area (Å²) in [6, 6.07) is 12.7. The number of halogens is 2. The van der Waals surface area contributed by atoms with Crippen LogP contribution in [0.3, 0.4) is 0 Å². The van der Waals surface area contributed by atoms with Crippen LogP contribution < -0.4 is 9.64 Å². The predicted octanol–water partition coefficient (Wildman–Crippen LogP) is 7.21. The van der Waals surface area contributed by atoms with Crippen LogP contribution in [-0.2, 0) is 0 Å². The maximum absolute atomic E-state index is 14.1. The Morgan fingerprint density at radius 2 is 1.72 bits per heavy atom. The lowest BCUT2D eigenvalue weighted by Crippen LogP contribution is -2.31. The molecule has 1 aliphatic rings. The first-order chi connectivity index (χ1) is 17.2. The van der Waals surface area contributed by atoms with E-state index in [-0.39, 0.29) is 11.9 Å². The van der Waals surface area contributed by atoms with Crippen LogP contribution in [-0.4, -0.2) is 27.6 Å². The highest BCUT2D eigenvalue weighted by molar-refractivity contribution is 6.31. The van der Waals surface area contributed by atoms with E-state index in [0.717, 1.165) is 33.6 Å². The molecule has 1 amide bonds. The van der Waals surface area contributed by atoms with Crippen molar-refractivity contribution in [2.75, 3.05) is 12.0 Å². The number of hydrogen-bond acceptors (Lipinski definition) is 4. The van der Waals surface area contributed by atoms with E-state index >= 15 is 0 Å². The molecule has 0 aliphatic carbocycles. The van der Waals surface area contributed by atoms with E-state index in [2.05, 4.69) is 23.4 Å². The van der Waals surface area contributed by atoms with Crippen LogP contribution in [0.4, 0.5) is 5.69 Å². The molecule has 0 saturated carbocycles. The molecule has 0 N–H and O–H groups in total. The highest BCUT2D eigenvalue weighted by Crippen LogP contribution is 2.47. The number of anilines is 1. The molecule has 0 bridgehead atoms. The number of fused-ring (bicyclic) bond motifs is 1. The summed E-state index contributed by atoms with van der Waals surface area (Å²) >= 11 is 12.7. The molecule has 0 unspecified atom stereocenters. The Kier molecular flexibility index (Phi) is 6.27. The minimum absolute atomic E-state index is 0.00415. The number of methoxy groups -OCH3 is 1. The molecule has 2 aromatic carbocycles. The van der Waals surface area contributed by atoms with Crippen LogP contribution >= 0.6 is 23.2 Å².